The molecule has 0 unspecified atom stereocenters. The SMILES string of the molecule is C[C@H](CNC(=O)c1ccn(C)c(=O)c1)c1ccsc1. The molecule has 1 atom stereocenters. The first-order chi connectivity index (χ1) is 9.08. The highest BCUT2D eigenvalue weighted by Gasteiger charge is 2.10. The molecule has 0 saturated carbocycles. The molecular formula is C14H16N2O2S. The quantitative estimate of drug-likeness (QED) is 0.928. The second-order valence-electron chi connectivity index (χ2n) is 4.53. The van der Waals surface area contributed by atoms with Crippen LogP contribution in [0.5, 0.6) is 0 Å². The zero-order valence-electron chi connectivity index (χ0n) is 10.9. The first-order valence-corrected chi connectivity index (χ1v) is 6.99. The van der Waals surface area contributed by atoms with Crippen molar-refractivity contribution in [2.45, 2.75) is 12.8 Å². The lowest BCUT2D eigenvalue weighted by Gasteiger charge is -2.11. The van der Waals surface area contributed by atoms with E-state index < -0.39 is 0 Å². The molecule has 2 aromatic heterocycles. The molecule has 0 radical (unpaired) electrons. The van der Waals surface area contributed by atoms with Gasteiger partial charge in [0, 0.05) is 31.4 Å². The summed E-state index contributed by atoms with van der Waals surface area (Å²) in [5, 5.41) is 6.95. The summed E-state index contributed by atoms with van der Waals surface area (Å²) in [6, 6.07) is 5.05. The van der Waals surface area contributed by atoms with Gasteiger partial charge in [0.05, 0.1) is 0 Å². The molecule has 0 saturated heterocycles. The van der Waals surface area contributed by atoms with Gasteiger partial charge in [-0.15, -0.1) is 0 Å². The average molecular weight is 276 g/mol. The summed E-state index contributed by atoms with van der Waals surface area (Å²) in [6.45, 7) is 2.62. The van der Waals surface area contributed by atoms with Crippen molar-refractivity contribution < 1.29 is 4.79 Å². The number of amides is 1. The van der Waals surface area contributed by atoms with Crippen LogP contribution in [0.3, 0.4) is 0 Å². The number of nitrogens with one attached hydrogen (secondary N) is 1. The van der Waals surface area contributed by atoms with Crippen LogP contribution >= 0.6 is 11.3 Å². The monoisotopic (exact) mass is 276 g/mol. The third-order valence-electron chi connectivity index (χ3n) is 3.05. The molecule has 0 aromatic carbocycles. The van der Waals surface area contributed by atoms with Gasteiger partial charge in [-0.05, 0) is 34.4 Å². The van der Waals surface area contributed by atoms with Gasteiger partial charge in [0.1, 0.15) is 0 Å². The zero-order chi connectivity index (χ0) is 13.8. The van der Waals surface area contributed by atoms with Gasteiger partial charge in [-0.3, -0.25) is 9.59 Å². The first-order valence-electron chi connectivity index (χ1n) is 6.05. The molecule has 2 aromatic rings. The largest absolute Gasteiger partial charge is 0.351 e. The highest BCUT2D eigenvalue weighted by atomic mass is 32.1. The number of nitrogens with zero attached hydrogens (tertiary/aromatic N) is 1. The number of carbonyl (C=O) groups excluding carboxylic acids is 1. The maximum Gasteiger partial charge on any atom is 0.251 e. The fraction of sp³-hybridized carbons (Fsp3) is 0.286. The van der Waals surface area contributed by atoms with Crippen molar-refractivity contribution in [1.82, 2.24) is 9.88 Å². The smallest absolute Gasteiger partial charge is 0.251 e. The van der Waals surface area contributed by atoms with Crippen molar-refractivity contribution in [2.24, 2.45) is 7.05 Å². The van der Waals surface area contributed by atoms with E-state index in [9.17, 15) is 9.59 Å². The predicted molar refractivity (Wildman–Crippen MR) is 76.8 cm³/mol. The van der Waals surface area contributed by atoms with Crippen LogP contribution in [0, 0.1) is 0 Å². The predicted octanol–water partition coefficient (Wildman–Crippen LogP) is 1.98. The number of aryl methyl sites for hydroxylation is 1. The van der Waals surface area contributed by atoms with E-state index in [2.05, 4.69) is 23.7 Å². The highest BCUT2D eigenvalue weighted by Crippen LogP contribution is 2.17. The van der Waals surface area contributed by atoms with E-state index in [1.165, 1.54) is 16.2 Å². The van der Waals surface area contributed by atoms with Crippen LogP contribution in [0.15, 0.2) is 40.0 Å². The number of hydrogen-bond donors (Lipinski definition) is 1. The first kappa shape index (κ1) is 13.5. The minimum atomic E-state index is -0.209. The molecule has 1 amide bonds. The van der Waals surface area contributed by atoms with Crippen molar-refractivity contribution in [3.05, 3.63) is 56.6 Å². The number of thiophene rings is 1. The van der Waals surface area contributed by atoms with Crippen LogP contribution in [0.2, 0.25) is 0 Å². The van der Waals surface area contributed by atoms with Crippen molar-refractivity contribution in [1.29, 1.82) is 0 Å². The molecule has 0 fully saturated rings. The van der Waals surface area contributed by atoms with E-state index >= 15 is 0 Å². The van der Waals surface area contributed by atoms with E-state index in [4.69, 9.17) is 0 Å². The molecule has 19 heavy (non-hydrogen) atoms. The van der Waals surface area contributed by atoms with Gasteiger partial charge in [0.15, 0.2) is 0 Å². The van der Waals surface area contributed by atoms with Crippen molar-refractivity contribution >= 4 is 17.2 Å². The Morgan fingerprint density at radius 1 is 1.47 bits per heavy atom. The fourth-order valence-corrected chi connectivity index (χ4v) is 2.49. The maximum absolute atomic E-state index is 11.9. The normalized spacial score (nSPS) is 12.1. The number of carbonyl (C=O) groups is 1. The maximum atomic E-state index is 11.9. The lowest BCUT2D eigenvalue weighted by atomic mass is 10.1. The zero-order valence-corrected chi connectivity index (χ0v) is 11.7. The molecule has 4 nitrogen and oxygen atoms in total. The molecule has 0 spiro atoms. The standard InChI is InChI=1S/C14H16N2O2S/c1-10(12-4-6-19-9-12)8-15-14(18)11-3-5-16(2)13(17)7-11/h3-7,9-10H,8H2,1-2H3,(H,15,18)/t10-/m1/s1. The van der Waals surface area contributed by atoms with Gasteiger partial charge in [-0.2, -0.15) is 11.3 Å². The Bertz CT molecular complexity index is 617. The topological polar surface area (TPSA) is 51.1 Å². The molecule has 1 N–H and O–H groups in total. The number of aromatic nitrogens is 1. The lowest BCUT2D eigenvalue weighted by Crippen LogP contribution is -2.29. The third-order valence-corrected chi connectivity index (χ3v) is 3.75. The van der Waals surface area contributed by atoms with Crippen LogP contribution in [0.1, 0.15) is 28.8 Å². The van der Waals surface area contributed by atoms with Crippen LogP contribution in [-0.4, -0.2) is 17.0 Å². The van der Waals surface area contributed by atoms with Gasteiger partial charge in [0.2, 0.25) is 0 Å². The summed E-state index contributed by atoms with van der Waals surface area (Å²) in [7, 11) is 1.66. The van der Waals surface area contributed by atoms with Gasteiger partial charge >= 0.3 is 0 Å². The summed E-state index contributed by atoms with van der Waals surface area (Å²) in [5.41, 5.74) is 1.44. The summed E-state index contributed by atoms with van der Waals surface area (Å²) >= 11 is 1.65. The molecular weight excluding hydrogens is 260 g/mol. The Kier molecular flexibility index (Phi) is 4.16. The summed E-state index contributed by atoms with van der Waals surface area (Å²) < 4.78 is 1.44. The molecule has 2 rings (SSSR count). The van der Waals surface area contributed by atoms with E-state index in [-0.39, 0.29) is 17.4 Å². The lowest BCUT2D eigenvalue weighted by molar-refractivity contribution is 0.0951. The Morgan fingerprint density at radius 2 is 2.26 bits per heavy atom. The number of hydrogen-bond acceptors (Lipinski definition) is 3. The Morgan fingerprint density at radius 3 is 2.89 bits per heavy atom. The van der Waals surface area contributed by atoms with Crippen LogP contribution < -0.4 is 10.9 Å². The molecule has 0 aliphatic carbocycles. The van der Waals surface area contributed by atoms with Crippen LogP contribution in [0.25, 0.3) is 0 Å². The summed E-state index contributed by atoms with van der Waals surface area (Å²) in [5.74, 6) is 0.0570. The van der Waals surface area contributed by atoms with Crippen molar-refractivity contribution in [3.63, 3.8) is 0 Å². The van der Waals surface area contributed by atoms with E-state index in [0.29, 0.717) is 12.1 Å². The number of pyridine rings is 1. The second-order valence-corrected chi connectivity index (χ2v) is 5.31. The molecule has 0 aliphatic rings. The molecule has 0 bridgehead atoms. The van der Waals surface area contributed by atoms with Gasteiger partial charge in [-0.25, -0.2) is 0 Å². The Labute approximate surface area is 115 Å². The van der Waals surface area contributed by atoms with E-state index in [0.717, 1.165) is 0 Å². The van der Waals surface area contributed by atoms with E-state index in [1.807, 2.05) is 5.38 Å². The summed E-state index contributed by atoms with van der Waals surface area (Å²) in [4.78, 5) is 23.4. The van der Waals surface area contributed by atoms with Crippen molar-refractivity contribution in [3.8, 4) is 0 Å². The molecule has 2 heterocycles. The second kappa shape index (κ2) is 5.84. The van der Waals surface area contributed by atoms with Gasteiger partial charge < -0.3 is 9.88 Å². The van der Waals surface area contributed by atoms with Gasteiger partial charge in [0.25, 0.3) is 11.5 Å². The average Bonchev–Trinajstić information content (AvgIpc) is 2.92. The summed E-state index contributed by atoms with van der Waals surface area (Å²) in [6.07, 6.45) is 1.60. The van der Waals surface area contributed by atoms with Crippen LogP contribution in [-0.2, 0) is 7.05 Å². The Balaban J connectivity index is 1.98. The minimum Gasteiger partial charge on any atom is -0.351 e. The minimum absolute atomic E-state index is 0.182. The van der Waals surface area contributed by atoms with Crippen molar-refractivity contribution in [2.75, 3.05) is 6.54 Å². The molecule has 5 heteroatoms. The Hall–Kier alpha value is -1.88. The number of rotatable bonds is 4. The highest BCUT2D eigenvalue weighted by molar-refractivity contribution is 7.07. The molecule has 0 aliphatic heterocycles. The van der Waals surface area contributed by atoms with Crippen LogP contribution in [0.4, 0.5) is 0 Å². The van der Waals surface area contributed by atoms with E-state index in [1.54, 1.807) is 30.6 Å². The molecule has 100 valence electrons. The third kappa shape index (κ3) is 3.32. The van der Waals surface area contributed by atoms with Gasteiger partial charge in [-0.1, -0.05) is 6.92 Å². The fourth-order valence-electron chi connectivity index (χ4n) is 1.71.